The van der Waals surface area contributed by atoms with Gasteiger partial charge in [-0.05, 0) is 24.7 Å². The van der Waals surface area contributed by atoms with E-state index < -0.39 is 33.6 Å². The predicted molar refractivity (Wildman–Crippen MR) is 80.6 cm³/mol. The average Bonchev–Trinajstić information content (AvgIpc) is 2.76. The molecule has 0 saturated heterocycles. The maximum Gasteiger partial charge on any atom is 0.280 e. The highest BCUT2D eigenvalue weighted by Gasteiger charge is 2.29. The Morgan fingerprint density at radius 3 is 2.57 bits per heavy atom. The number of sulfonamides is 1. The number of nitrogens with zero attached hydrogens (tertiary/aromatic N) is 2. The number of amides is 1. The number of nitrogens with one attached hydrogen (secondary N) is 1. The molecule has 130 valence electrons. The van der Waals surface area contributed by atoms with Crippen molar-refractivity contribution in [2.45, 2.75) is 46.1 Å². The summed E-state index contributed by atoms with van der Waals surface area (Å²) in [5.41, 5.74) is -0.937. The standard InChI is InChI=1S/C14H21F2N3O3S/c1-9(2)7-19-12(13(15)16)11(6-17-19)14(20)18-23(21,22)8-10-4-3-5-10/h6,9-10,13H,3-5,7-8H2,1-2H3,(H,18,20). The molecule has 0 aliphatic heterocycles. The zero-order chi connectivity index (χ0) is 17.2. The van der Waals surface area contributed by atoms with Crippen LogP contribution in [0, 0.1) is 11.8 Å². The van der Waals surface area contributed by atoms with E-state index in [9.17, 15) is 22.0 Å². The maximum atomic E-state index is 13.2. The Morgan fingerprint density at radius 1 is 1.43 bits per heavy atom. The highest BCUT2D eigenvalue weighted by Crippen LogP contribution is 2.28. The van der Waals surface area contributed by atoms with Gasteiger partial charge in [-0.15, -0.1) is 0 Å². The van der Waals surface area contributed by atoms with Crippen LogP contribution in [-0.4, -0.2) is 29.9 Å². The molecule has 0 radical (unpaired) electrons. The van der Waals surface area contributed by atoms with Crippen LogP contribution in [0.4, 0.5) is 8.78 Å². The minimum atomic E-state index is -3.83. The zero-order valence-electron chi connectivity index (χ0n) is 13.1. The predicted octanol–water partition coefficient (Wildman–Crippen LogP) is 2.34. The van der Waals surface area contributed by atoms with Crippen molar-refractivity contribution in [2.24, 2.45) is 11.8 Å². The van der Waals surface area contributed by atoms with Crippen molar-refractivity contribution in [1.29, 1.82) is 0 Å². The summed E-state index contributed by atoms with van der Waals surface area (Å²) < 4.78 is 53.3. The molecule has 1 aliphatic carbocycles. The van der Waals surface area contributed by atoms with E-state index in [2.05, 4.69) is 5.10 Å². The first kappa shape index (κ1) is 17.8. The van der Waals surface area contributed by atoms with Gasteiger partial charge in [-0.2, -0.15) is 5.10 Å². The van der Waals surface area contributed by atoms with Crippen molar-refractivity contribution in [2.75, 3.05) is 5.75 Å². The van der Waals surface area contributed by atoms with E-state index in [0.717, 1.165) is 30.1 Å². The lowest BCUT2D eigenvalue weighted by Gasteiger charge is -2.24. The van der Waals surface area contributed by atoms with Gasteiger partial charge in [0.15, 0.2) is 0 Å². The van der Waals surface area contributed by atoms with Crippen LogP contribution in [0.25, 0.3) is 0 Å². The number of rotatable bonds is 7. The van der Waals surface area contributed by atoms with Crippen LogP contribution < -0.4 is 4.72 Å². The molecule has 2 rings (SSSR count). The molecule has 0 bridgehead atoms. The number of carbonyl (C=O) groups is 1. The second-order valence-corrected chi connectivity index (χ2v) is 8.10. The zero-order valence-corrected chi connectivity index (χ0v) is 13.9. The first-order valence-corrected chi connectivity index (χ1v) is 9.23. The molecule has 23 heavy (non-hydrogen) atoms. The van der Waals surface area contributed by atoms with Crippen molar-refractivity contribution >= 4 is 15.9 Å². The van der Waals surface area contributed by atoms with Gasteiger partial charge in [0.25, 0.3) is 12.3 Å². The Hall–Kier alpha value is -1.51. The van der Waals surface area contributed by atoms with Crippen molar-refractivity contribution < 1.29 is 22.0 Å². The molecular formula is C14H21F2N3O3S. The van der Waals surface area contributed by atoms with Crippen molar-refractivity contribution in [3.8, 4) is 0 Å². The second-order valence-electron chi connectivity index (χ2n) is 6.33. The van der Waals surface area contributed by atoms with Gasteiger partial charge < -0.3 is 0 Å². The summed E-state index contributed by atoms with van der Waals surface area (Å²) in [5, 5.41) is 3.80. The van der Waals surface area contributed by atoms with Gasteiger partial charge >= 0.3 is 0 Å². The van der Waals surface area contributed by atoms with Crippen LogP contribution in [0.15, 0.2) is 6.20 Å². The van der Waals surface area contributed by atoms with E-state index in [0.29, 0.717) is 0 Å². The number of alkyl halides is 2. The van der Waals surface area contributed by atoms with Gasteiger partial charge in [0.2, 0.25) is 10.0 Å². The fraction of sp³-hybridized carbons (Fsp3) is 0.714. The summed E-state index contributed by atoms with van der Waals surface area (Å²) >= 11 is 0. The minimum Gasteiger partial charge on any atom is -0.268 e. The molecule has 0 aromatic carbocycles. The number of carbonyl (C=O) groups excluding carboxylic acids is 1. The number of hydrogen-bond acceptors (Lipinski definition) is 4. The monoisotopic (exact) mass is 349 g/mol. The molecule has 1 aliphatic rings. The van der Waals surface area contributed by atoms with Crippen LogP contribution in [0.1, 0.15) is 55.6 Å². The van der Waals surface area contributed by atoms with Crippen LogP contribution in [-0.2, 0) is 16.6 Å². The molecule has 1 fully saturated rings. The fourth-order valence-corrected chi connectivity index (χ4v) is 3.93. The molecule has 0 spiro atoms. The Balaban J connectivity index is 2.16. The van der Waals surface area contributed by atoms with Crippen LogP contribution in [0.2, 0.25) is 0 Å². The van der Waals surface area contributed by atoms with Crippen LogP contribution in [0.3, 0.4) is 0 Å². The van der Waals surface area contributed by atoms with E-state index in [1.165, 1.54) is 0 Å². The molecule has 1 aromatic heterocycles. The third-order valence-corrected chi connectivity index (χ3v) is 5.20. The van der Waals surface area contributed by atoms with E-state index in [1.807, 2.05) is 18.6 Å². The van der Waals surface area contributed by atoms with Gasteiger partial charge in [-0.25, -0.2) is 21.9 Å². The lowest BCUT2D eigenvalue weighted by molar-refractivity contribution is 0.0961. The first-order chi connectivity index (χ1) is 10.7. The fourth-order valence-electron chi connectivity index (χ4n) is 2.50. The van der Waals surface area contributed by atoms with Gasteiger partial charge in [0, 0.05) is 6.54 Å². The molecular weight excluding hydrogens is 328 g/mol. The van der Waals surface area contributed by atoms with E-state index in [1.54, 1.807) is 0 Å². The largest absolute Gasteiger partial charge is 0.280 e. The van der Waals surface area contributed by atoms with E-state index in [4.69, 9.17) is 0 Å². The van der Waals surface area contributed by atoms with Crippen LogP contribution >= 0.6 is 0 Å². The Bertz CT molecular complexity index is 667. The summed E-state index contributed by atoms with van der Waals surface area (Å²) in [4.78, 5) is 12.1. The average molecular weight is 349 g/mol. The first-order valence-electron chi connectivity index (χ1n) is 7.58. The van der Waals surface area contributed by atoms with E-state index >= 15 is 0 Å². The quantitative estimate of drug-likeness (QED) is 0.819. The molecule has 1 saturated carbocycles. The molecule has 0 unspecified atom stereocenters. The van der Waals surface area contributed by atoms with Crippen LogP contribution in [0.5, 0.6) is 0 Å². The lowest BCUT2D eigenvalue weighted by Crippen LogP contribution is -2.36. The third-order valence-electron chi connectivity index (χ3n) is 3.80. The summed E-state index contributed by atoms with van der Waals surface area (Å²) in [6.45, 7) is 3.89. The Kier molecular flexibility index (Phi) is 5.38. The summed E-state index contributed by atoms with van der Waals surface area (Å²) in [6, 6.07) is 0. The number of aromatic nitrogens is 2. The SMILES string of the molecule is CC(C)Cn1ncc(C(=O)NS(=O)(=O)CC2CCC2)c1C(F)F. The minimum absolute atomic E-state index is 0.0403. The Morgan fingerprint density at radius 2 is 2.09 bits per heavy atom. The maximum absolute atomic E-state index is 13.2. The van der Waals surface area contributed by atoms with Gasteiger partial charge in [0.1, 0.15) is 5.69 Å². The summed E-state index contributed by atoms with van der Waals surface area (Å²) in [6.07, 6.45) is 0.684. The highest BCUT2D eigenvalue weighted by molar-refractivity contribution is 7.90. The third kappa shape index (κ3) is 4.49. The molecule has 1 heterocycles. The smallest absolute Gasteiger partial charge is 0.268 e. The molecule has 1 N–H and O–H groups in total. The van der Waals surface area contributed by atoms with Gasteiger partial charge in [-0.1, -0.05) is 20.3 Å². The molecule has 1 amide bonds. The normalized spacial score (nSPS) is 15.9. The number of hydrogen-bond donors (Lipinski definition) is 1. The molecule has 6 nitrogen and oxygen atoms in total. The van der Waals surface area contributed by atoms with E-state index in [-0.39, 0.29) is 24.1 Å². The van der Waals surface area contributed by atoms with Gasteiger partial charge in [-0.3, -0.25) is 9.48 Å². The summed E-state index contributed by atoms with van der Waals surface area (Å²) in [5.74, 6) is -1.10. The van der Waals surface area contributed by atoms with Crippen molar-refractivity contribution in [1.82, 2.24) is 14.5 Å². The second kappa shape index (κ2) is 6.94. The lowest BCUT2D eigenvalue weighted by atomic mass is 9.87. The Labute approximate surface area is 134 Å². The van der Waals surface area contributed by atoms with Crippen molar-refractivity contribution in [3.63, 3.8) is 0 Å². The molecule has 9 heteroatoms. The highest BCUT2D eigenvalue weighted by atomic mass is 32.2. The van der Waals surface area contributed by atoms with Gasteiger partial charge in [0.05, 0.1) is 17.5 Å². The summed E-state index contributed by atoms with van der Waals surface area (Å²) in [7, 11) is -3.83. The number of halogens is 2. The molecule has 1 aromatic rings. The molecule has 0 atom stereocenters. The van der Waals surface area contributed by atoms with Crippen molar-refractivity contribution in [3.05, 3.63) is 17.5 Å². The topological polar surface area (TPSA) is 81.1 Å².